The van der Waals surface area contributed by atoms with E-state index in [2.05, 4.69) is 15.0 Å². The Labute approximate surface area is 158 Å². The van der Waals surface area contributed by atoms with E-state index >= 15 is 0 Å². The first kappa shape index (κ1) is 18.4. The van der Waals surface area contributed by atoms with Crippen molar-refractivity contribution < 1.29 is 18.0 Å². The normalized spacial score (nSPS) is 23.6. The molecule has 1 fully saturated rings. The van der Waals surface area contributed by atoms with Crippen LogP contribution in [0.2, 0.25) is 0 Å². The molecule has 0 unspecified atom stereocenters. The standard InChI is InChI=1S/C18H24N4O4S/c1-3-16-19-17(26-20-16)18(23)8-10-22(12-18)27(24,25)14-7-6-13-5-4-9-21(2)15(13)11-14/h6-7,11,23H,3-5,8-10,12H2,1-2H3/t18-/m0/s1. The summed E-state index contributed by atoms with van der Waals surface area (Å²) >= 11 is 0. The summed E-state index contributed by atoms with van der Waals surface area (Å²) in [6.07, 6.45) is 2.84. The minimum absolute atomic E-state index is 0.0854. The zero-order chi connectivity index (χ0) is 19.2. The topological polar surface area (TPSA) is 99.8 Å². The van der Waals surface area contributed by atoms with Crippen LogP contribution in [0.25, 0.3) is 0 Å². The van der Waals surface area contributed by atoms with Crippen molar-refractivity contribution in [2.45, 2.75) is 43.1 Å². The van der Waals surface area contributed by atoms with E-state index in [4.69, 9.17) is 4.52 Å². The van der Waals surface area contributed by atoms with Crippen LogP contribution in [-0.2, 0) is 28.5 Å². The molecule has 1 atom stereocenters. The molecule has 27 heavy (non-hydrogen) atoms. The average molecular weight is 392 g/mol. The lowest BCUT2D eigenvalue weighted by Crippen LogP contribution is -2.35. The Hall–Kier alpha value is -1.97. The molecule has 1 N–H and O–H groups in total. The van der Waals surface area contributed by atoms with Gasteiger partial charge in [-0.1, -0.05) is 18.1 Å². The van der Waals surface area contributed by atoms with Crippen molar-refractivity contribution in [2.75, 3.05) is 31.6 Å². The van der Waals surface area contributed by atoms with Crippen LogP contribution in [0.3, 0.4) is 0 Å². The lowest BCUT2D eigenvalue weighted by Gasteiger charge is -2.28. The lowest BCUT2D eigenvalue weighted by atomic mass is 10.0. The van der Waals surface area contributed by atoms with Crippen molar-refractivity contribution in [2.24, 2.45) is 0 Å². The van der Waals surface area contributed by atoms with Gasteiger partial charge in [-0.15, -0.1) is 0 Å². The highest BCUT2D eigenvalue weighted by Gasteiger charge is 2.46. The zero-order valence-electron chi connectivity index (χ0n) is 15.6. The van der Waals surface area contributed by atoms with E-state index in [1.54, 1.807) is 12.1 Å². The van der Waals surface area contributed by atoms with Gasteiger partial charge in [-0.25, -0.2) is 8.42 Å². The highest BCUT2D eigenvalue weighted by Crippen LogP contribution is 2.36. The summed E-state index contributed by atoms with van der Waals surface area (Å²) in [5, 5.41) is 14.7. The number of anilines is 1. The first-order valence-corrected chi connectivity index (χ1v) is 10.7. The fourth-order valence-corrected chi connectivity index (χ4v) is 5.29. The number of β-amino-alcohol motifs (C(OH)–C–C–N with tert-alkyl or cyclic N) is 1. The van der Waals surface area contributed by atoms with Crippen molar-refractivity contribution >= 4 is 15.7 Å². The fraction of sp³-hybridized carbons (Fsp3) is 0.556. The minimum atomic E-state index is -3.72. The molecule has 0 saturated carbocycles. The SMILES string of the molecule is CCc1noc([C@]2(O)CCN(S(=O)(=O)c3ccc4c(c3)N(C)CCC4)C2)n1. The Bertz CT molecular complexity index is 958. The maximum Gasteiger partial charge on any atom is 0.260 e. The number of nitrogens with zero attached hydrogens (tertiary/aromatic N) is 4. The van der Waals surface area contributed by atoms with E-state index in [1.165, 1.54) is 9.87 Å². The molecule has 4 rings (SSSR count). The minimum Gasteiger partial charge on any atom is -0.379 e. The van der Waals surface area contributed by atoms with Crippen LogP contribution in [0.1, 0.15) is 37.0 Å². The third-order valence-corrected chi connectivity index (χ3v) is 7.28. The number of hydrogen-bond donors (Lipinski definition) is 1. The molecular formula is C18H24N4O4S. The van der Waals surface area contributed by atoms with Crippen LogP contribution in [0.5, 0.6) is 0 Å². The third-order valence-electron chi connectivity index (χ3n) is 5.44. The molecule has 0 radical (unpaired) electrons. The second kappa shape index (κ2) is 6.57. The Kier molecular flexibility index (Phi) is 4.48. The number of rotatable bonds is 4. The summed E-state index contributed by atoms with van der Waals surface area (Å²) in [4.78, 5) is 6.52. The summed E-state index contributed by atoms with van der Waals surface area (Å²) in [6.45, 7) is 2.91. The summed E-state index contributed by atoms with van der Waals surface area (Å²) in [5.41, 5.74) is 0.679. The summed E-state index contributed by atoms with van der Waals surface area (Å²) in [6, 6.07) is 5.29. The van der Waals surface area contributed by atoms with Crippen LogP contribution in [0.15, 0.2) is 27.6 Å². The summed E-state index contributed by atoms with van der Waals surface area (Å²) < 4.78 is 32.7. The quantitative estimate of drug-likeness (QED) is 0.837. The molecule has 0 amide bonds. The number of benzene rings is 1. The molecule has 0 spiro atoms. The summed E-state index contributed by atoms with van der Waals surface area (Å²) in [5.74, 6) is 0.583. The highest BCUT2D eigenvalue weighted by molar-refractivity contribution is 7.89. The molecule has 1 aromatic carbocycles. The smallest absolute Gasteiger partial charge is 0.260 e. The molecule has 2 aromatic rings. The van der Waals surface area contributed by atoms with E-state index < -0.39 is 15.6 Å². The van der Waals surface area contributed by atoms with E-state index in [-0.39, 0.29) is 30.3 Å². The summed E-state index contributed by atoms with van der Waals surface area (Å²) in [7, 11) is -1.74. The van der Waals surface area contributed by atoms with Crippen LogP contribution in [0, 0.1) is 0 Å². The molecule has 146 valence electrons. The van der Waals surface area contributed by atoms with Gasteiger partial charge in [-0.05, 0) is 30.5 Å². The Morgan fingerprint density at radius 1 is 1.33 bits per heavy atom. The van der Waals surface area contributed by atoms with Gasteiger partial charge in [0.25, 0.3) is 5.89 Å². The van der Waals surface area contributed by atoms with Crippen LogP contribution >= 0.6 is 0 Å². The average Bonchev–Trinajstić information content (AvgIpc) is 3.30. The van der Waals surface area contributed by atoms with E-state index in [1.807, 2.05) is 20.0 Å². The second-order valence-electron chi connectivity index (χ2n) is 7.31. The van der Waals surface area contributed by atoms with Crippen LogP contribution in [-0.4, -0.2) is 54.7 Å². The first-order valence-electron chi connectivity index (χ1n) is 9.23. The number of fused-ring (bicyclic) bond motifs is 1. The molecule has 2 aliphatic rings. The van der Waals surface area contributed by atoms with Gasteiger partial charge in [0.1, 0.15) is 0 Å². The molecule has 1 aromatic heterocycles. The molecule has 3 heterocycles. The van der Waals surface area contributed by atoms with E-state index in [0.29, 0.717) is 12.2 Å². The van der Waals surface area contributed by atoms with Gasteiger partial charge in [-0.2, -0.15) is 9.29 Å². The maximum absolute atomic E-state index is 13.1. The molecule has 2 aliphatic heterocycles. The van der Waals surface area contributed by atoms with Crippen molar-refractivity contribution in [3.63, 3.8) is 0 Å². The van der Waals surface area contributed by atoms with Crippen molar-refractivity contribution in [1.29, 1.82) is 0 Å². The van der Waals surface area contributed by atoms with Crippen molar-refractivity contribution in [1.82, 2.24) is 14.4 Å². The largest absolute Gasteiger partial charge is 0.379 e. The van der Waals surface area contributed by atoms with E-state index in [9.17, 15) is 13.5 Å². The van der Waals surface area contributed by atoms with Gasteiger partial charge < -0.3 is 14.5 Å². The lowest BCUT2D eigenvalue weighted by molar-refractivity contribution is 0.0194. The Morgan fingerprint density at radius 3 is 2.89 bits per heavy atom. The van der Waals surface area contributed by atoms with Gasteiger partial charge in [0.05, 0.1) is 11.4 Å². The Balaban J connectivity index is 1.61. The van der Waals surface area contributed by atoms with E-state index in [0.717, 1.165) is 25.1 Å². The zero-order valence-corrected chi connectivity index (χ0v) is 16.4. The molecule has 0 aliphatic carbocycles. The first-order chi connectivity index (χ1) is 12.8. The molecule has 9 heteroatoms. The number of sulfonamides is 1. The molecule has 0 bridgehead atoms. The van der Waals surface area contributed by atoms with Crippen LogP contribution in [0.4, 0.5) is 5.69 Å². The number of aliphatic hydroxyl groups is 1. The molecular weight excluding hydrogens is 368 g/mol. The highest BCUT2D eigenvalue weighted by atomic mass is 32.2. The third kappa shape index (κ3) is 3.13. The fourth-order valence-electron chi connectivity index (χ4n) is 3.77. The number of aromatic nitrogens is 2. The molecule has 8 nitrogen and oxygen atoms in total. The second-order valence-corrected chi connectivity index (χ2v) is 9.24. The number of hydrogen-bond acceptors (Lipinski definition) is 7. The van der Waals surface area contributed by atoms with Crippen molar-refractivity contribution in [3.05, 3.63) is 35.5 Å². The predicted octanol–water partition coefficient (Wildman–Crippen LogP) is 1.30. The van der Waals surface area contributed by atoms with Gasteiger partial charge >= 0.3 is 0 Å². The predicted molar refractivity (Wildman–Crippen MR) is 99.0 cm³/mol. The van der Waals surface area contributed by atoms with Gasteiger partial charge in [0.2, 0.25) is 10.0 Å². The maximum atomic E-state index is 13.1. The molecule has 1 saturated heterocycles. The van der Waals surface area contributed by atoms with Gasteiger partial charge in [-0.3, -0.25) is 0 Å². The Morgan fingerprint density at radius 2 is 2.15 bits per heavy atom. The monoisotopic (exact) mass is 392 g/mol. The van der Waals surface area contributed by atoms with Crippen LogP contribution < -0.4 is 4.90 Å². The van der Waals surface area contributed by atoms with Gasteiger partial charge in [0, 0.05) is 38.7 Å². The van der Waals surface area contributed by atoms with Crippen molar-refractivity contribution in [3.8, 4) is 0 Å². The van der Waals surface area contributed by atoms with Gasteiger partial charge in [0.15, 0.2) is 11.4 Å². The number of aryl methyl sites for hydroxylation is 2.